The summed E-state index contributed by atoms with van der Waals surface area (Å²) in [6.07, 6.45) is -5.35. The highest BCUT2D eigenvalue weighted by molar-refractivity contribution is 5.05. The third kappa shape index (κ3) is 1.76. The van der Waals surface area contributed by atoms with Gasteiger partial charge in [-0.25, -0.2) is 0 Å². The van der Waals surface area contributed by atoms with Crippen molar-refractivity contribution in [3.8, 4) is 0 Å². The lowest BCUT2D eigenvalue weighted by Gasteiger charge is -2.31. The SMILES string of the molecule is CC(C)C(C)C(O)C1(C(F)(F)F)CC1. The Morgan fingerprint density at radius 3 is 1.79 bits per heavy atom. The normalized spacial score (nSPS) is 24.9. The van der Waals surface area contributed by atoms with Crippen LogP contribution < -0.4 is 0 Å². The third-order valence-corrected chi connectivity index (χ3v) is 3.47. The Balaban J connectivity index is 2.74. The van der Waals surface area contributed by atoms with Crippen molar-refractivity contribution in [1.82, 2.24) is 0 Å². The molecule has 0 bridgehead atoms. The monoisotopic (exact) mass is 210 g/mol. The van der Waals surface area contributed by atoms with Gasteiger partial charge < -0.3 is 5.11 Å². The molecule has 0 saturated heterocycles. The van der Waals surface area contributed by atoms with E-state index in [2.05, 4.69) is 0 Å². The van der Waals surface area contributed by atoms with Crippen molar-refractivity contribution in [2.75, 3.05) is 0 Å². The van der Waals surface area contributed by atoms with Crippen LogP contribution in [0.5, 0.6) is 0 Å². The van der Waals surface area contributed by atoms with E-state index >= 15 is 0 Å². The van der Waals surface area contributed by atoms with Gasteiger partial charge in [-0.2, -0.15) is 13.2 Å². The molecule has 0 aromatic heterocycles. The van der Waals surface area contributed by atoms with Gasteiger partial charge in [-0.1, -0.05) is 20.8 Å². The summed E-state index contributed by atoms with van der Waals surface area (Å²) in [4.78, 5) is 0. The molecule has 1 nitrogen and oxygen atoms in total. The smallest absolute Gasteiger partial charge is 0.392 e. The van der Waals surface area contributed by atoms with E-state index in [9.17, 15) is 18.3 Å². The molecule has 84 valence electrons. The average molecular weight is 210 g/mol. The molecule has 0 radical (unpaired) electrons. The molecule has 2 atom stereocenters. The van der Waals surface area contributed by atoms with E-state index in [1.54, 1.807) is 6.92 Å². The number of halogens is 3. The van der Waals surface area contributed by atoms with Crippen LogP contribution in [0.3, 0.4) is 0 Å². The molecule has 0 amide bonds. The minimum Gasteiger partial charge on any atom is -0.392 e. The van der Waals surface area contributed by atoms with Crippen LogP contribution in [0, 0.1) is 17.3 Å². The highest BCUT2D eigenvalue weighted by Crippen LogP contribution is 2.61. The molecule has 1 saturated carbocycles. The molecule has 2 unspecified atom stereocenters. The summed E-state index contributed by atoms with van der Waals surface area (Å²) < 4.78 is 37.8. The number of alkyl halides is 3. The number of rotatable bonds is 3. The van der Waals surface area contributed by atoms with E-state index in [1.165, 1.54) is 0 Å². The van der Waals surface area contributed by atoms with Crippen LogP contribution in [0.2, 0.25) is 0 Å². The molecule has 0 spiro atoms. The first-order chi connectivity index (χ1) is 6.22. The van der Waals surface area contributed by atoms with Gasteiger partial charge in [-0.15, -0.1) is 0 Å². The van der Waals surface area contributed by atoms with Gasteiger partial charge in [-0.3, -0.25) is 0 Å². The second-order valence-electron chi connectivity index (χ2n) is 4.70. The predicted octanol–water partition coefficient (Wildman–Crippen LogP) is 2.98. The van der Waals surface area contributed by atoms with Crippen LogP contribution in [0.25, 0.3) is 0 Å². The highest BCUT2D eigenvalue weighted by Gasteiger charge is 2.67. The standard InChI is InChI=1S/C10H17F3O/c1-6(2)7(3)8(14)9(4-5-9)10(11,12)13/h6-8,14H,4-5H2,1-3H3. The van der Waals surface area contributed by atoms with Crippen molar-refractivity contribution >= 4 is 0 Å². The fourth-order valence-electron chi connectivity index (χ4n) is 1.75. The molecule has 14 heavy (non-hydrogen) atoms. The number of aliphatic hydroxyl groups excluding tert-OH is 1. The van der Waals surface area contributed by atoms with E-state index in [0.717, 1.165) is 0 Å². The van der Waals surface area contributed by atoms with Crippen molar-refractivity contribution in [3.63, 3.8) is 0 Å². The first kappa shape index (κ1) is 11.8. The Morgan fingerprint density at radius 2 is 1.57 bits per heavy atom. The lowest BCUT2D eigenvalue weighted by molar-refractivity contribution is -0.222. The number of hydrogen-bond acceptors (Lipinski definition) is 1. The Kier molecular flexibility index (Phi) is 2.87. The first-order valence-electron chi connectivity index (χ1n) is 4.97. The van der Waals surface area contributed by atoms with Crippen LogP contribution >= 0.6 is 0 Å². The molecule has 0 heterocycles. The predicted molar refractivity (Wildman–Crippen MR) is 47.7 cm³/mol. The van der Waals surface area contributed by atoms with Crippen LogP contribution in [0.15, 0.2) is 0 Å². The summed E-state index contributed by atoms with van der Waals surface area (Å²) in [6, 6.07) is 0. The topological polar surface area (TPSA) is 20.2 Å². The molecule has 0 aliphatic heterocycles. The summed E-state index contributed by atoms with van der Waals surface area (Å²) in [6.45, 7) is 5.35. The summed E-state index contributed by atoms with van der Waals surface area (Å²) in [7, 11) is 0. The minimum atomic E-state index is -4.25. The van der Waals surface area contributed by atoms with Crippen molar-refractivity contribution in [1.29, 1.82) is 0 Å². The average Bonchev–Trinajstić information content (AvgIpc) is 2.79. The Hall–Kier alpha value is -0.250. The molecule has 1 fully saturated rings. The molecule has 1 aliphatic carbocycles. The van der Waals surface area contributed by atoms with Crippen molar-refractivity contribution in [2.24, 2.45) is 17.3 Å². The Bertz CT molecular complexity index is 206. The fraction of sp³-hybridized carbons (Fsp3) is 1.00. The molecule has 1 aliphatic rings. The van der Waals surface area contributed by atoms with Crippen molar-refractivity contribution in [2.45, 2.75) is 45.9 Å². The molecule has 0 aromatic carbocycles. The third-order valence-electron chi connectivity index (χ3n) is 3.47. The van der Waals surface area contributed by atoms with Gasteiger partial charge in [0.15, 0.2) is 0 Å². The van der Waals surface area contributed by atoms with E-state index in [0.29, 0.717) is 0 Å². The molecule has 0 aromatic rings. The lowest BCUT2D eigenvalue weighted by Crippen LogP contribution is -2.41. The van der Waals surface area contributed by atoms with Crippen LogP contribution in [0.1, 0.15) is 33.6 Å². The molecule has 4 heteroatoms. The molecular formula is C10H17F3O. The zero-order valence-corrected chi connectivity index (χ0v) is 8.73. The quantitative estimate of drug-likeness (QED) is 0.759. The van der Waals surface area contributed by atoms with Crippen molar-refractivity contribution in [3.05, 3.63) is 0 Å². The summed E-state index contributed by atoms with van der Waals surface area (Å²) in [5.74, 6) is -0.232. The second kappa shape index (κ2) is 3.40. The maximum Gasteiger partial charge on any atom is 0.396 e. The summed E-state index contributed by atoms with van der Waals surface area (Å²) in [5.41, 5.74) is -1.79. The maximum absolute atomic E-state index is 12.6. The minimum absolute atomic E-state index is 0.0739. The molecular weight excluding hydrogens is 193 g/mol. The maximum atomic E-state index is 12.6. The van der Waals surface area contributed by atoms with Crippen LogP contribution in [-0.2, 0) is 0 Å². The van der Waals surface area contributed by atoms with Gasteiger partial charge in [0.1, 0.15) is 0 Å². The van der Waals surface area contributed by atoms with Crippen LogP contribution in [-0.4, -0.2) is 17.4 Å². The number of hydrogen-bond donors (Lipinski definition) is 1. The van der Waals surface area contributed by atoms with Gasteiger partial charge >= 0.3 is 6.18 Å². The molecule has 1 N–H and O–H groups in total. The Morgan fingerprint density at radius 1 is 1.14 bits per heavy atom. The van der Waals surface area contributed by atoms with Gasteiger partial charge in [0.2, 0.25) is 0 Å². The Labute approximate surface area is 82.3 Å². The van der Waals surface area contributed by atoms with E-state index in [-0.39, 0.29) is 24.7 Å². The van der Waals surface area contributed by atoms with E-state index in [4.69, 9.17) is 0 Å². The molecule has 1 rings (SSSR count). The first-order valence-corrected chi connectivity index (χ1v) is 4.97. The van der Waals surface area contributed by atoms with E-state index in [1.807, 2.05) is 13.8 Å². The highest BCUT2D eigenvalue weighted by atomic mass is 19.4. The van der Waals surface area contributed by atoms with Gasteiger partial charge in [0.05, 0.1) is 11.5 Å². The largest absolute Gasteiger partial charge is 0.396 e. The van der Waals surface area contributed by atoms with Crippen molar-refractivity contribution < 1.29 is 18.3 Å². The number of aliphatic hydroxyl groups is 1. The fourth-order valence-corrected chi connectivity index (χ4v) is 1.75. The summed E-state index contributed by atoms with van der Waals surface area (Å²) in [5, 5.41) is 9.69. The lowest BCUT2D eigenvalue weighted by atomic mass is 9.82. The van der Waals surface area contributed by atoms with Gasteiger partial charge in [0.25, 0.3) is 0 Å². The van der Waals surface area contributed by atoms with E-state index < -0.39 is 17.7 Å². The zero-order chi connectivity index (χ0) is 11.1. The van der Waals surface area contributed by atoms with Gasteiger partial charge in [-0.05, 0) is 24.7 Å². The van der Waals surface area contributed by atoms with Crippen LogP contribution in [0.4, 0.5) is 13.2 Å². The second-order valence-corrected chi connectivity index (χ2v) is 4.70. The summed E-state index contributed by atoms with van der Waals surface area (Å²) >= 11 is 0. The zero-order valence-electron chi connectivity index (χ0n) is 8.73. The van der Waals surface area contributed by atoms with Gasteiger partial charge in [0, 0.05) is 0 Å².